The first-order chi connectivity index (χ1) is 14.2. The molecule has 1 fully saturated rings. The molecule has 2 N–H and O–H groups in total. The highest BCUT2D eigenvalue weighted by molar-refractivity contribution is 5.18. The number of halogens is 1. The lowest BCUT2D eigenvalue weighted by molar-refractivity contribution is -0.943. The van der Waals surface area contributed by atoms with E-state index in [4.69, 9.17) is 11.2 Å². The molecule has 2 atom stereocenters. The summed E-state index contributed by atoms with van der Waals surface area (Å²) in [6.45, 7) is 2.61. The van der Waals surface area contributed by atoms with Crippen LogP contribution in [0, 0.1) is 18.2 Å². The molecule has 1 aliphatic rings. The molecule has 156 valence electrons. The van der Waals surface area contributed by atoms with Gasteiger partial charge in [0.15, 0.2) is 0 Å². The van der Waals surface area contributed by atoms with E-state index in [-0.39, 0.29) is 19.0 Å². The second-order valence-corrected chi connectivity index (χ2v) is 8.00. The number of rotatable bonds is 10. The molecule has 1 aromatic heterocycles. The van der Waals surface area contributed by atoms with Gasteiger partial charge in [0, 0.05) is 12.7 Å². The maximum Gasteiger partial charge on any atom is 0.126 e. The smallest absolute Gasteiger partial charge is 0.126 e. The molecule has 1 aliphatic carbocycles. The van der Waals surface area contributed by atoms with Crippen molar-refractivity contribution in [2.75, 3.05) is 19.8 Å². The quantitative estimate of drug-likeness (QED) is 0.476. The van der Waals surface area contributed by atoms with Gasteiger partial charge >= 0.3 is 0 Å². The van der Waals surface area contributed by atoms with Gasteiger partial charge in [0.25, 0.3) is 0 Å². The van der Waals surface area contributed by atoms with Gasteiger partial charge in [0.05, 0.1) is 18.3 Å². The molecular weight excluding hydrogens is 367 g/mol. The number of ether oxygens (including phenoxy) is 1. The molecule has 2 aromatic rings. The van der Waals surface area contributed by atoms with E-state index in [2.05, 4.69) is 16.6 Å². The van der Waals surface area contributed by atoms with Crippen molar-refractivity contribution in [3.63, 3.8) is 0 Å². The summed E-state index contributed by atoms with van der Waals surface area (Å²) < 4.78 is 21.1. The van der Waals surface area contributed by atoms with Crippen LogP contribution in [0.2, 0.25) is 0 Å². The second kappa shape index (κ2) is 11.2. The van der Waals surface area contributed by atoms with E-state index in [1.807, 2.05) is 18.3 Å². The summed E-state index contributed by atoms with van der Waals surface area (Å²) in [7, 11) is 0. The van der Waals surface area contributed by atoms with Gasteiger partial charge in [-0.1, -0.05) is 24.5 Å². The van der Waals surface area contributed by atoms with Crippen LogP contribution in [0.4, 0.5) is 4.39 Å². The summed E-state index contributed by atoms with van der Waals surface area (Å²) in [5, 5.41) is 10.5. The molecule has 3 rings (SSSR count). The highest BCUT2D eigenvalue weighted by Crippen LogP contribution is 2.16. The van der Waals surface area contributed by atoms with Crippen LogP contribution in [-0.2, 0) is 17.8 Å². The first kappa shape index (κ1) is 21.6. The van der Waals surface area contributed by atoms with E-state index in [9.17, 15) is 9.50 Å². The zero-order chi connectivity index (χ0) is 20.5. The minimum Gasteiger partial charge on any atom is -0.385 e. The van der Waals surface area contributed by atoms with Crippen molar-refractivity contribution in [1.29, 1.82) is 0 Å². The highest BCUT2D eigenvalue weighted by atomic mass is 19.1. The number of quaternary nitrogens is 1. The molecular formula is C24H32FN2O2+. The number of aliphatic hydroxyl groups excluding tert-OH is 1. The fourth-order valence-corrected chi connectivity index (χ4v) is 4.34. The zero-order valence-corrected chi connectivity index (χ0v) is 17.0. The molecule has 1 aromatic carbocycles. The minimum absolute atomic E-state index is 0.208. The normalized spacial score (nSPS) is 17.0. The number of aliphatic hydroxyl groups is 1. The lowest BCUT2D eigenvalue weighted by Crippen LogP contribution is -3.15. The molecule has 0 bridgehead atoms. The Morgan fingerprint density at radius 2 is 2.07 bits per heavy atom. The monoisotopic (exact) mass is 399 g/mol. The Bertz CT molecular complexity index is 792. The Labute approximate surface area is 173 Å². The van der Waals surface area contributed by atoms with Crippen LogP contribution < -0.4 is 4.90 Å². The summed E-state index contributed by atoms with van der Waals surface area (Å²) in [6, 6.07) is 11.5. The maximum atomic E-state index is 13.6. The fraction of sp³-hybridized carbons (Fsp3) is 0.500. The molecule has 5 heteroatoms. The SMILES string of the molecule is C#CCOC[C@H](O)C[NH+](Cc1cccn1Cc1cccc(F)c1)C1CCCCC1. The molecule has 4 nitrogen and oxygen atoms in total. The van der Waals surface area contributed by atoms with Crippen LogP contribution in [-0.4, -0.2) is 41.6 Å². The number of nitrogens with zero attached hydrogens (tertiary/aromatic N) is 1. The Morgan fingerprint density at radius 1 is 1.24 bits per heavy atom. The number of aromatic nitrogens is 1. The zero-order valence-electron chi connectivity index (χ0n) is 17.0. The largest absolute Gasteiger partial charge is 0.385 e. The van der Waals surface area contributed by atoms with Crippen LogP contribution in [0.25, 0.3) is 0 Å². The summed E-state index contributed by atoms with van der Waals surface area (Å²) in [5.74, 6) is 2.23. The van der Waals surface area contributed by atoms with Gasteiger partial charge in [-0.2, -0.15) is 0 Å². The average Bonchev–Trinajstić information content (AvgIpc) is 3.15. The fourth-order valence-electron chi connectivity index (χ4n) is 4.34. The molecule has 1 heterocycles. The summed E-state index contributed by atoms with van der Waals surface area (Å²) in [6.07, 6.45) is 12.9. The van der Waals surface area contributed by atoms with E-state index in [0.29, 0.717) is 19.1 Å². The number of nitrogens with one attached hydrogen (secondary N) is 1. The van der Waals surface area contributed by atoms with Gasteiger partial charge in [-0.3, -0.25) is 0 Å². The van der Waals surface area contributed by atoms with Gasteiger partial charge in [0.1, 0.15) is 31.6 Å². The molecule has 1 unspecified atom stereocenters. The molecule has 0 radical (unpaired) electrons. The van der Waals surface area contributed by atoms with Crippen molar-refractivity contribution >= 4 is 0 Å². The van der Waals surface area contributed by atoms with Crippen LogP contribution in [0.5, 0.6) is 0 Å². The van der Waals surface area contributed by atoms with Gasteiger partial charge in [-0.25, -0.2) is 4.39 Å². The molecule has 0 spiro atoms. The van der Waals surface area contributed by atoms with Crippen molar-refractivity contribution < 1.29 is 19.1 Å². The maximum absolute atomic E-state index is 13.6. The molecule has 0 aliphatic heterocycles. The Kier molecular flexibility index (Phi) is 8.30. The Hall–Kier alpha value is -2.13. The van der Waals surface area contributed by atoms with Crippen molar-refractivity contribution in [3.8, 4) is 12.3 Å². The van der Waals surface area contributed by atoms with E-state index < -0.39 is 6.10 Å². The lowest BCUT2D eigenvalue weighted by atomic mass is 9.94. The average molecular weight is 400 g/mol. The third-order valence-electron chi connectivity index (χ3n) is 5.75. The summed E-state index contributed by atoms with van der Waals surface area (Å²) in [5.41, 5.74) is 2.15. The first-order valence-electron chi connectivity index (χ1n) is 10.6. The van der Waals surface area contributed by atoms with Gasteiger partial charge < -0.3 is 19.3 Å². The summed E-state index contributed by atoms with van der Waals surface area (Å²) in [4.78, 5) is 1.39. The van der Waals surface area contributed by atoms with Crippen molar-refractivity contribution in [2.24, 2.45) is 0 Å². The Morgan fingerprint density at radius 3 is 2.83 bits per heavy atom. The Balaban J connectivity index is 1.68. The molecule has 29 heavy (non-hydrogen) atoms. The standard InChI is InChI=1S/C24H31FN2O2/c1-2-14-29-19-24(28)18-27(22-10-4-3-5-11-22)17-23-12-7-13-26(23)16-20-8-6-9-21(25)15-20/h1,6-9,12-13,15,22,24,28H,3-5,10-11,14,16-19H2/p+1/t24-/m1/s1. The van der Waals surface area contributed by atoms with E-state index in [1.54, 1.807) is 12.1 Å². The topological polar surface area (TPSA) is 38.8 Å². The minimum atomic E-state index is -0.535. The number of benzene rings is 1. The first-order valence-corrected chi connectivity index (χ1v) is 10.6. The lowest BCUT2D eigenvalue weighted by Gasteiger charge is -2.33. The van der Waals surface area contributed by atoms with Crippen LogP contribution >= 0.6 is 0 Å². The number of hydrogen-bond acceptors (Lipinski definition) is 2. The van der Waals surface area contributed by atoms with E-state index in [0.717, 1.165) is 12.1 Å². The number of terminal acetylenes is 1. The van der Waals surface area contributed by atoms with Crippen molar-refractivity contribution in [2.45, 2.75) is 57.3 Å². The van der Waals surface area contributed by atoms with E-state index >= 15 is 0 Å². The van der Waals surface area contributed by atoms with Crippen molar-refractivity contribution in [3.05, 3.63) is 59.7 Å². The summed E-state index contributed by atoms with van der Waals surface area (Å²) >= 11 is 0. The van der Waals surface area contributed by atoms with Crippen molar-refractivity contribution in [1.82, 2.24) is 4.57 Å². The predicted molar refractivity (Wildman–Crippen MR) is 112 cm³/mol. The van der Waals surface area contributed by atoms with Gasteiger partial charge in [0.2, 0.25) is 0 Å². The van der Waals surface area contributed by atoms with Gasteiger partial charge in [-0.05, 0) is 55.5 Å². The van der Waals surface area contributed by atoms with Crippen LogP contribution in [0.1, 0.15) is 43.4 Å². The predicted octanol–water partition coefficient (Wildman–Crippen LogP) is 2.40. The van der Waals surface area contributed by atoms with Gasteiger partial charge in [-0.15, -0.1) is 6.42 Å². The van der Waals surface area contributed by atoms with Crippen LogP contribution in [0.3, 0.4) is 0 Å². The molecule has 0 saturated heterocycles. The third kappa shape index (κ3) is 6.71. The van der Waals surface area contributed by atoms with Crippen LogP contribution in [0.15, 0.2) is 42.6 Å². The van der Waals surface area contributed by atoms with E-state index in [1.165, 1.54) is 48.8 Å². The molecule has 1 saturated carbocycles. The molecule has 0 amide bonds. The third-order valence-corrected chi connectivity index (χ3v) is 5.75. The second-order valence-electron chi connectivity index (χ2n) is 8.00. The highest BCUT2D eigenvalue weighted by Gasteiger charge is 2.27. The number of hydrogen-bond donors (Lipinski definition) is 2.